The Kier molecular flexibility index (Phi) is 12.7. The van der Waals surface area contributed by atoms with E-state index >= 15 is 0 Å². The number of carbonyl (C=O) groups excluding carboxylic acids is 1. The van der Waals surface area contributed by atoms with Crippen LogP contribution in [0.3, 0.4) is 0 Å². The zero-order valence-corrected chi connectivity index (χ0v) is 15.9. The Hall–Kier alpha value is -1.58. The molecule has 0 aliphatic carbocycles. The number of primary amides is 1. The van der Waals surface area contributed by atoms with E-state index in [0.29, 0.717) is 5.89 Å². The van der Waals surface area contributed by atoms with Gasteiger partial charge in [0.1, 0.15) is 12.2 Å². The van der Waals surface area contributed by atoms with Gasteiger partial charge in [-0.05, 0) is 32.1 Å². The van der Waals surface area contributed by atoms with Gasteiger partial charge in [0.2, 0.25) is 11.8 Å². The average molecular weight is 349 g/mol. The van der Waals surface area contributed by atoms with Gasteiger partial charge in [0.25, 0.3) is 0 Å². The summed E-state index contributed by atoms with van der Waals surface area (Å²) >= 11 is 0. The van der Waals surface area contributed by atoms with Crippen LogP contribution in [0.1, 0.15) is 102 Å². The van der Waals surface area contributed by atoms with Crippen molar-refractivity contribution in [3.05, 3.63) is 30.5 Å². The number of nitrogens with zero attached hydrogens (tertiary/aromatic N) is 1. The van der Waals surface area contributed by atoms with Gasteiger partial charge < -0.3 is 10.2 Å². The first-order valence-corrected chi connectivity index (χ1v) is 10.1. The number of rotatable bonds is 16. The lowest BCUT2D eigenvalue weighted by atomic mass is 9.99. The third-order valence-electron chi connectivity index (χ3n) is 4.60. The minimum Gasteiger partial charge on any atom is -0.448 e. The quantitative estimate of drug-likeness (QED) is 0.299. The van der Waals surface area contributed by atoms with Gasteiger partial charge in [-0.3, -0.25) is 4.79 Å². The largest absolute Gasteiger partial charge is 0.448 e. The van der Waals surface area contributed by atoms with Crippen LogP contribution in [-0.2, 0) is 4.79 Å². The minimum atomic E-state index is -0.382. The highest BCUT2D eigenvalue weighted by molar-refractivity contribution is 5.80. The SMILES string of the molecule is CCCCCCCC/C=C\CCCCCCC(C(N)=O)c1ncco1. The zero-order chi connectivity index (χ0) is 18.2. The molecule has 1 aromatic heterocycles. The number of carbonyl (C=O) groups is 1. The summed E-state index contributed by atoms with van der Waals surface area (Å²) in [7, 11) is 0. The van der Waals surface area contributed by atoms with E-state index in [2.05, 4.69) is 24.1 Å². The topological polar surface area (TPSA) is 69.1 Å². The van der Waals surface area contributed by atoms with Crippen LogP contribution in [0.5, 0.6) is 0 Å². The second kappa shape index (κ2) is 14.7. The number of aromatic nitrogens is 1. The maximum Gasteiger partial charge on any atom is 0.229 e. The molecule has 0 saturated carbocycles. The van der Waals surface area contributed by atoms with Gasteiger partial charge in [-0.1, -0.05) is 70.4 Å². The smallest absolute Gasteiger partial charge is 0.229 e. The molecule has 1 rings (SSSR count). The number of hydrogen-bond acceptors (Lipinski definition) is 3. The van der Waals surface area contributed by atoms with E-state index in [-0.39, 0.29) is 11.8 Å². The van der Waals surface area contributed by atoms with E-state index in [9.17, 15) is 4.79 Å². The fourth-order valence-corrected chi connectivity index (χ4v) is 3.04. The molecule has 0 fully saturated rings. The molecule has 1 aromatic rings. The molecule has 0 aliphatic rings. The van der Waals surface area contributed by atoms with Crippen molar-refractivity contribution >= 4 is 5.91 Å². The third-order valence-corrected chi connectivity index (χ3v) is 4.60. The molecular formula is C21H36N2O2. The molecule has 0 radical (unpaired) electrons. The van der Waals surface area contributed by atoms with Crippen LogP contribution >= 0.6 is 0 Å². The molecule has 142 valence electrons. The lowest BCUT2D eigenvalue weighted by molar-refractivity contribution is -0.120. The molecule has 0 aromatic carbocycles. The molecule has 0 saturated heterocycles. The average Bonchev–Trinajstić information content (AvgIpc) is 3.12. The molecule has 1 unspecified atom stereocenters. The van der Waals surface area contributed by atoms with Crippen LogP contribution in [-0.4, -0.2) is 10.9 Å². The predicted molar refractivity (Wildman–Crippen MR) is 103 cm³/mol. The van der Waals surface area contributed by atoms with E-state index in [1.165, 1.54) is 64.1 Å². The summed E-state index contributed by atoms with van der Waals surface area (Å²) in [5.74, 6) is -0.280. The molecule has 4 nitrogen and oxygen atoms in total. The molecule has 1 amide bonds. The summed E-state index contributed by atoms with van der Waals surface area (Å²) in [4.78, 5) is 15.5. The van der Waals surface area contributed by atoms with Crippen molar-refractivity contribution in [2.24, 2.45) is 5.73 Å². The van der Waals surface area contributed by atoms with Gasteiger partial charge in [0.05, 0.1) is 6.20 Å². The molecule has 1 atom stereocenters. The van der Waals surface area contributed by atoms with Crippen molar-refractivity contribution in [1.29, 1.82) is 0 Å². The number of allylic oxidation sites excluding steroid dienone is 2. The highest BCUT2D eigenvalue weighted by Crippen LogP contribution is 2.21. The fraction of sp³-hybridized carbons (Fsp3) is 0.714. The van der Waals surface area contributed by atoms with E-state index in [4.69, 9.17) is 10.2 Å². The number of amides is 1. The van der Waals surface area contributed by atoms with E-state index in [0.717, 1.165) is 25.7 Å². The maximum atomic E-state index is 11.5. The lowest BCUT2D eigenvalue weighted by Gasteiger charge is -2.08. The molecule has 2 N–H and O–H groups in total. The molecule has 0 bridgehead atoms. The number of oxazole rings is 1. The summed E-state index contributed by atoms with van der Waals surface area (Å²) in [5, 5.41) is 0. The molecule has 4 heteroatoms. The first kappa shape index (κ1) is 21.5. The first-order valence-electron chi connectivity index (χ1n) is 10.1. The van der Waals surface area contributed by atoms with Crippen molar-refractivity contribution in [1.82, 2.24) is 4.98 Å². The van der Waals surface area contributed by atoms with Gasteiger partial charge in [0.15, 0.2) is 0 Å². The second-order valence-electron chi connectivity index (χ2n) is 6.84. The van der Waals surface area contributed by atoms with E-state index < -0.39 is 0 Å². The van der Waals surface area contributed by atoms with Crippen LogP contribution in [0.2, 0.25) is 0 Å². The van der Waals surface area contributed by atoms with Gasteiger partial charge >= 0.3 is 0 Å². The van der Waals surface area contributed by atoms with Gasteiger partial charge in [-0.25, -0.2) is 4.98 Å². The Morgan fingerprint density at radius 1 is 1.04 bits per heavy atom. The highest BCUT2D eigenvalue weighted by atomic mass is 16.3. The van der Waals surface area contributed by atoms with Gasteiger partial charge in [0, 0.05) is 0 Å². The van der Waals surface area contributed by atoms with E-state index in [1.54, 1.807) is 6.20 Å². The molecule has 0 aliphatic heterocycles. The van der Waals surface area contributed by atoms with Crippen LogP contribution in [0.4, 0.5) is 0 Å². The molecule has 0 spiro atoms. The fourth-order valence-electron chi connectivity index (χ4n) is 3.04. The number of hydrogen-bond donors (Lipinski definition) is 1. The summed E-state index contributed by atoms with van der Waals surface area (Å²) < 4.78 is 5.21. The first-order chi connectivity index (χ1) is 12.3. The van der Waals surface area contributed by atoms with Crippen LogP contribution < -0.4 is 5.73 Å². The monoisotopic (exact) mass is 348 g/mol. The van der Waals surface area contributed by atoms with Crippen molar-refractivity contribution in [2.75, 3.05) is 0 Å². The van der Waals surface area contributed by atoms with Crippen molar-refractivity contribution in [3.63, 3.8) is 0 Å². The summed E-state index contributed by atoms with van der Waals surface area (Å²) in [6, 6.07) is 0. The van der Waals surface area contributed by atoms with Crippen LogP contribution in [0.25, 0.3) is 0 Å². The van der Waals surface area contributed by atoms with Crippen molar-refractivity contribution in [3.8, 4) is 0 Å². The normalized spacial score (nSPS) is 12.7. The van der Waals surface area contributed by atoms with Crippen LogP contribution in [0.15, 0.2) is 29.0 Å². The zero-order valence-electron chi connectivity index (χ0n) is 15.9. The van der Waals surface area contributed by atoms with Gasteiger partial charge in [-0.2, -0.15) is 0 Å². The third kappa shape index (κ3) is 10.8. The summed E-state index contributed by atoms with van der Waals surface area (Å²) in [6.07, 6.45) is 23.5. The highest BCUT2D eigenvalue weighted by Gasteiger charge is 2.21. The minimum absolute atomic E-state index is 0.347. The Balaban J connectivity index is 1.94. The Bertz CT molecular complexity index is 454. The summed E-state index contributed by atoms with van der Waals surface area (Å²) in [6.45, 7) is 2.26. The Morgan fingerprint density at radius 2 is 1.64 bits per heavy atom. The van der Waals surface area contributed by atoms with E-state index in [1.807, 2.05) is 0 Å². The van der Waals surface area contributed by atoms with Crippen LogP contribution in [0, 0.1) is 0 Å². The second-order valence-corrected chi connectivity index (χ2v) is 6.84. The molecule has 1 heterocycles. The maximum absolute atomic E-state index is 11.5. The lowest BCUT2D eigenvalue weighted by Crippen LogP contribution is -2.21. The number of nitrogens with two attached hydrogens (primary N) is 1. The summed E-state index contributed by atoms with van der Waals surface area (Å²) in [5.41, 5.74) is 5.43. The molecular weight excluding hydrogens is 312 g/mol. The Labute approximate surface area is 153 Å². The van der Waals surface area contributed by atoms with Crippen molar-refractivity contribution < 1.29 is 9.21 Å². The predicted octanol–water partition coefficient (Wildman–Crippen LogP) is 5.89. The van der Waals surface area contributed by atoms with Gasteiger partial charge in [-0.15, -0.1) is 0 Å². The van der Waals surface area contributed by atoms with Crippen molar-refractivity contribution in [2.45, 2.75) is 96.3 Å². The standard InChI is InChI=1S/C21H36N2O2/c1-2-3-4-5-6-7-8-9-10-11-12-13-14-15-16-19(20(22)24)21-23-17-18-25-21/h9-10,17-19H,2-8,11-16H2,1H3,(H2,22,24)/b10-9-. The Morgan fingerprint density at radius 3 is 2.20 bits per heavy atom. The number of unbranched alkanes of at least 4 members (excludes halogenated alkanes) is 10. The molecule has 25 heavy (non-hydrogen) atoms.